The van der Waals surface area contributed by atoms with Gasteiger partial charge in [0.15, 0.2) is 0 Å². The van der Waals surface area contributed by atoms with Crippen LogP contribution in [0.5, 0.6) is 5.75 Å². The number of hydrogen-bond acceptors (Lipinski definition) is 2. The highest BCUT2D eigenvalue weighted by Gasteiger charge is 2.13. The molecular formula is C30H39N3O. The summed E-state index contributed by atoms with van der Waals surface area (Å²) >= 11 is 0. The van der Waals surface area contributed by atoms with Crippen molar-refractivity contribution in [3.8, 4) is 17.1 Å². The Morgan fingerprint density at radius 2 is 1.59 bits per heavy atom. The van der Waals surface area contributed by atoms with Crippen molar-refractivity contribution >= 4 is 22.7 Å². The van der Waals surface area contributed by atoms with E-state index in [9.17, 15) is 0 Å². The Kier molecular flexibility index (Phi) is 8.46. The fourth-order valence-electron chi connectivity index (χ4n) is 4.68. The normalized spacial score (nSPS) is 14.4. The number of hydrogen-bond donors (Lipinski definition) is 2. The molecule has 4 heteroatoms. The van der Waals surface area contributed by atoms with E-state index >= 15 is 0 Å². The van der Waals surface area contributed by atoms with Gasteiger partial charge in [-0.25, -0.2) is 0 Å². The minimum Gasteiger partial charge on any atom is -0.494 e. The second kappa shape index (κ2) is 11.9. The van der Waals surface area contributed by atoms with Crippen LogP contribution < -0.4 is 4.74 Å². The molecule has 1 aromatic carbocycles. The van der Waals surface area contributed by atoms with E-state index in [1.165, 1.54) is 74.4 Å². The van der Waals surface area contributed by atoms with Gasteiger partial charge >= 0.3 is 0 Å². The zero-order valence-corrected chi connectivity index (χ0v) is 21.0. The maximum absolute atomic E-state index is 5.65. The molecule has 3 aromatic rings. The van der Waals surface area contributed by atoms with E-state index in [1.807, 2.05) is 0 Å². The fourth-order valence-corrected chi connectivity index (χ4v) is 4.68. The second-order valence-electron chi connectivity index (χ2n) is 9.52. The summed E-state index contributed by atoms with van der Waals surface area (Å²) in [6.45, 7) is 4.39. The van der Waals surface area contributed by atoms with E-state index in [-0.39, 0.29) is 0 Å². The van der Waals surface area contributed by atoms with Gasteiger partial charge in [0.05, 0.1) is 29.9 Å². The lowest BCUT2D eigenvalue weighted by Gasteiger charge is -2.02. The summed E-state index contributed by atoms with van der Waals surface area (Å²) in [5.74, 6) is 0.827. The van der Waals surface area contributed by atoms with Crippen molar-refractivity contribution in [2.24, 2.45) is 4.99 Å². The molecule has 4 rings (SSSR count). The van der Waals surface area contributed by atoms with Crippen LogP contribution in [-0.2, 0) is 0 Å². The summed E-state index contributed by atoms with van der Waals surface area (Å²) in [4.78, 5) is 11.9. The van der Waals surface area contributed by atoms with Gasteiger partial charge in [0.1, 0.15) is 5.75 Å². The topological polar surface area (TPSA) is 53.2 Å². The predicted octanol–water partition coefficient (Wildman–Crippen LogP) is 8.75. The van der Waals surface area contributed by atoms with Gasteiger partial charge in [-0.15, -0.1) is 0 Å². The Morgan fingerprint density at radius 1 is 0.853 bits per heavy atom. The lowest BCUT2D eigenvalue weighted by atomic mass is 10.1. The summed E-state index contributed by atoms with van der Waals surface area (Å²) in [5.41, 5.74) is 7.57. The van der Waals surface area contributed by atoms with Crippen LogP contribution in [0.1, 0.15) is 82.4 Å². The van der Waals surface area contributed by atoms with Crippen molar-refractivity contribution in [1.82, 2.24) is 9.97 Å². The smallest absolute Gasteiger partial charge is 0.144 e. The van der Waals surface area contributed by atoms with Crippen LogP contribution >= 0.6 is 0 Å². The number of ether oxygens (including phenoxy) is 1. The molecule has 1 aliphatic rings. The van der Waals surface area contributed by atoms with E-state index in [0.717, 1.165) is 40.5 Å². The number of rotatable bonds is 13. The largest absolute Gasteiger partial charge is 0.494 e. The zero-order chi connectivity index (χ0) is 23.8. The first-order valence-corrected chi connectivity index (χ1v) is 13.0. The van der Waals surface area contributed by atoms with Crippen molar-refractivity contribution < 1.29 is 4.74 Å². The molecular weight excluding hydrogens is 418 g/mol. The van der Waals surface area contributed by atoms with Crippen LogP contribution in [0.25, 0.3) is 28.4 Å². The lowest BCUT2D eigenvalue weighted by molar-refractivity contribution is 0.414. The van der Waals surface area contributed by atoms with E-state index in [2.05, 4.69) is 72.4 Å². The Morgan fingerprint density at radius 3 is 2.35 bits per heavy atom. The number of benzene rings is 1. The molecule has 0 spiro atoms. The molecule has 0 amide bonds. The van der Waals surface area contributed by atoms with Crippen molar-refractivity contribution in [2.75, 3.05) is 7.11 Å². The first kappa shape index (κ1) is 24.1. The molecule has 3 heterocycles. The van der Waals surface area contributed by atoms with Crippen molar-refractivity contribution in [3.63, 3.8) is 0 Å². The molecule has 0 aliphatic carbocycles. The van der Waals surface area contributed by atoms with Gasteiger partial charge in [-0.2, -0.15) is 0 Å². The van der Waals surface area contributed by atoms with Crippen LogP contribution in [0, 0.1) is 6.92 Å². The maximum Gasteiger partial charge on any atom is 0.144 e. The van der Waals surface area contributed by atoms with Crippen molar-refractivity contribution in [3.05, 3.63) is 59.4 Å². The number of fused-ring (bicyclic) bond motifs is 1. The number of unbranched alkanes of at least 4 members (excludes halogenated alkanes) is 8. The first-order valence-electron chi connectivity index (χ1n) is 13.0. The Balaban J connectivity index is 1.33. The SMILES string of the molecule is CCCCCCCCCCCC1=N/C(=C/c2[nH]c(-c3cc4cc(C)ccc4[nH]3)cc2OC)C=C1. The maximum atomic E-state index is 5.65. The summed E-state index contributed by atoms with van der Waals surface area (Å²) < 4.78 is 5.65. The standard InChI is InChI=1S/C30H39N3O/c1-4-5-6-7-8-9-10-11-12-13-24-15-16-25(31-24)20-29-30(34-3)21-28(33-29)27-19-23-18-22(2)14-17-26(23)32-27/h14-21,32-33H,4-13H2,1-3H3/b25-20+. The monoisotopic (exact) mass is 457 g/mol. The van der Waals surface area contributed by atoms with Gasteiger partial charge < -0.3 is 14.7 Å². The molecule has 0 atom stereocenters. The average Bonchev–Trinajstić information content (AvgIpc) is 3.56. The average molecular weight is 458 g/mol. The van der Waals surface area contributed by atoms with Crippen LogP contribution in [0.3, 0.4) is 0 Å². The summed E-state index contributed by atoms with van der Waals surface area (Å²) in [6.07, 6.45) is 19.6. The number of methoxy groups -OCH3 is 1. The number of H-pyrrole nitrogens is 2. The molecule has 2 aromatic heterocycles. The quantitative estimate of drug-likeness (QED) is 0.248. The van der Waals surface area contributed by atoms with Gasteiger partial charge in [0.2, 0.25) is 0 Å². The van der Waals surface area contributed by atoms with Gasteiger partial charge in [-0.05, 0) is 56.2 Å². The van der Waals surface area contributed by atoms with Crippen LogP contribution in [0.2, 0.25) is 0 Å². The highest BCUT2D eigenvalue weighted by Crippen LogP contribution is 2.31. The van der Waals surface area contributed by atoms with Crippen LogP contribution in [0.4, 0.5) is 0 Å². The molecule has 0 radical (unpaired) electrons. The lowest BCUT2D eigenvalue weighted by Crippen LogP contribution is -1.90. The number of nitrogens with one attached hydrogen (secondary N) is 2. The molecule has 2 N–H and O–H groups in total. The first-order chi connectivity index (χ1) is 16.7. The third-order valence-corrected chi connectivity index (χ3v) is 6.64. The molecule has 1 aliphatic heterocycles. The summed E-state index contributed by atoms with van der Waals surface area (Å²) in [6, 6.07) is 10.7. The molecule has 0 unspecified atom stereocenters. The Labute approximate surface area is 204 Å². The number of aromatic amines is 2. The van der Waals surface area contributed by atoms with E-state index < -0.39 is 0 Å². The van der Waals surface area contributed by atoms with Gasteiger partial charge in [0.25, 0.3) is 0 Å². The van der Waals surface area contributed by atoms with Crippen LogP contribution in [-0.4, -0.2) is 22.8 Å². The number of aliphatic imine (C=N–C) groups is 1. The molecule has 34 heavy (non-hydrogen) atoms. The number of nitrogens with zero attached hydrogens (tertiary/aromatic N) is 1. The van der Waals surface area contributed by atoms with E-state index in [4.69, 9.17) is 9.73 Å². The Hall–Kier alpha value is -3.01. The van der Waals surface area contributed by atoms with E-state index in [1.54, 1.807) is 7.11 Å². The number of aryl methyl sites for hydroxylation is 1. The summed E-state index contributed by atoms with van der Waals surface area (Å²) in [7, 11) is 1.71. The van der Waals surface area contributed by atoms with Gasteiger partial charge in [0, 0.05) is 22.7 Å². The predicted molar refractivity (Wildman–Crippen MR) is 146 cm³/mol. The zero-order valence-electron chi connectivity index (χ0n) is 21.0. The van der Waals surface area contributed by atoms with Gasteiger partial charge in [-0.3, -0.25) is 4.99 Å². The number of aromatic nitrogens is 2. The second-order valence-corrected chi connectivity index (χ2v) is 9.52. The Bertz CT molecular complexity index is 1180. The summed E-state index contributed by atoms with van der Waals surface area (Å²) in [5, 5.41) is 1.22. The van der Waals surface area contributed by atoms with Crippen molar-refractivity contribution in [2.45, 2.75) is 78.1 Å². The van der Waals surface area contributed by atoms with Crippen LogP contribution in [0.15, 0.2) is 53.2 Å². The van der Waals surface area contributed by atoms with E-state index in [0.29, 0.717) is 0 Å². The molecule has 4 nitrogen and oxygen atoms in total. The molecule has 0 fully saturated rings. The molecule has 0 saturated heterocycles. The third-order valence-electron chi connectivity index (χ3n) is 6.64. The third kappa shape index (κ3) is 6.31. The minimum atomic E-state index is 0.827. The molecule has 180 valence electrons. The van der Waals surface area contributed by atoms with Crippen molar-refractivity contribution in [1.29, 1.82) is 0 Å². The minimum absolute atomic E-state index is 0.827. The fraction of sp³-hybridized carbons (Fsp3) is 0.433. The highest BCUT2D eigenvalue weighted by atomic mass is 16.5. The number of allylic oxidation sites excluding steroid dienone is 2. The highest BCUT2D eigenvalue weighted by molar-refractivity contribution is 5.99. The molecule has 0 saturated carbocycles. The van der Waals surface area contributed by atoms with Gasteiger partial charge in [-0.1, -0.05) is 69.9 Å². The molecule has 0 bridgehead atoms.